The zero-order chi connectivity index (χ0) is 19.1. The van der Waals surface area contributed by atoms with Crippen LogP contribution in [0.15, 0.2) is 0 Å². The van der Waals surface area contributed by atoms with Gasteiger partial charge in [-0.2, -0.15) is 0 Å². The molecule has 3 saturated carbocycles. The van der Waals surface area contributed by atoms with Crippen LogP contribution in [-0.2, 0) is 14.3 Å². The first kappa shape index (κ1) is 19.0. The zero-order valence-electron chi connectivity index (χ0n) is 17.1. The molecule has 2 aliphatic heterocycles. The fourth-order valence-corrected chi connectivity index (χ4v) is 6.85. The molecule has 1 N–H and O–H groups in total. The van der Waals surface area contributed by atoms with Gasteiger partial charge in [0.25, 0.3) is 5.91 Å². The lowest BCUT2D eigenvalue weighted by Crippen LogP contribution is -2.50. The molecule has 5 heteroatoms. The Bertz CT molecular complexity index is 595. The maximum Gasteiger partial charge on any atom is 0.290 e. The van der Waals surface area contributed by atoms with Gasteiger partial charge in [-0.3, -0.25) is 14.9 Å². The second kappa shape index (κ2) is 8.06. The van der Waals surface area contributed by atoms with Crippen molar-refractivity contribution in [3.63, 3.8) is 0 Å². The molecule has 7 atom stereocenters. The smallest absolute Gasteiger partial charge is 0.290 e. The van der Waals surface area contributed by atoms with Crippen molar-refractivity contribution in [1.29, 1.82) is 0 Å². The lowest BCUT2D eigenvalue weighted by molar-refractivity contribution is -0.149. The molecule has 3 aliphatic carbocycles. The number of carbonyl (C=O) groups excluding carboxylic acids is 2. The van der Waals surface area contributed by atoms with Crippen molar-refractivity contribution >= 4 is 11.7 Å². The molecule has 0 radical (unpaired) electrons. The quantitative estimate of drug-likeness (QED) is 0.754. The first-order valence-corrected chi connectivity index (χ1v) is 11.9. The molecule has 5 aliphatic rings. The number of hydrogen-bond donors (Lipinski definition) is 1. The van der Waals surface area contributed by atoms with Crippen molar-refractivity contribution in [3.05, 3.63) is 0 Å². The highest BCUT2D eigenvalue weighted by molar-refractivity contribution is 6.36. The number of ketones is 1. The van der Waals surface area contributed by atoms with Crippen molar-refractivity contribution < 1.29 is 14.3 Å². The molecular weight excluding hydrogens is 352 g/mol. The summed E-state index contributed by atoms with van der Waals surface area (Å²) < 4.78 is 6.32. The summed E-state index contributed by atoms with van der Waals surface area (Å²) in [6.45, 7) is 1.42. The van der Waals surface area contributed by atoms with E-state index in [1.54, 1.807) is 0 Å². The number of ether oxygens (including phenoxy) is 1. The Balaban J connectivity index is 1.18. The molecule has 2 heterocycles. The minimum Gasteiger partial charge on any atom is -0.358 e. The van der Waals surface area contributed by atoms with Crippen molar-refractivity contribution in [3.8, 4) is 0 Å². The number of rotatable bonds is 3. The van der Waals surface area contributed by atoms with E-state index in [1.807, 2.05) is 4.90 Å². The molecule has 5 rings (SSSR count). The topological polar surface area (TPSA) is 58.6 Å². The number of fused-ring (bicyclic) bond motifs is 2. The van der Waals surface area contributed by atoms with E-state index in [0.717, 1.165) is 51.0 Å². The van der Waals surface area contributed by atoms with E-state index < -0.39 is 0 Å². The summed E-state index contributed by atoms with van der Waals surface area (Å²) in [4.78, 5) is 27.8. The van der Waals surface area contributed by atoms with Crippen molar-refractivity contribution in [1.82, 2.24) is 10.2 Å². The third-order valence-corrected chi connectivity index (χ3v) is 8.45. The molecule has 2 saturated heterocycles. The monoisotopic (exact) mass is 388 g/mol. The molecule has 5 nitrogen and oxygen atoms in total. The summed E-state index contributed by atoms with van der Waals surface area (Å²) in [6.07, 6.45) is 14.4. The number of hydrogen-bond acceptors (Lipinski definition) is 4. The van der Waals surface area contributed by atoms with Gasteiger partial charge < -0.3 is 9.64 Å². The van der Waals surface area contributed by atoms with Crippen molar-refractivity contribution in [2.45, 2.75) is 95.4 Å². The van der Waals surface area contributed by atoms with Gasteiger partial charge in [-0.15, -0.1) is 0 Å². The summed E-state index contributed by atoms with van der Waals surface area (Å²) in [7, 11) is 0. The van der Waals surface area contributed by atoms with E-state index in [-0.39, 0.29) is 23.8 Å². The molecule has 0 spiro atoms. The van der Waals surface area contributed by atoms with Crippen LogP contribution in [0, 0.1) is 23.7 Å². The van der Waals surface area contributed by atoms with E-state index >= 15 is 0 Å². The van der Waals surface area contributed by atoms with Crippen LogP contribution in [0.5, 0.6) is 0 Å². The standard InChI is InChI=1S/C23H36N2O3/c26-21(17-11-10-15-5-3-6-16(15)13-17)23(27)25-12-4-7-18(14-25)22-24-19-8-1-2-9-20(19)28-22/h15-20,22,24H,1-14H2/t15?,16?,17?,18-,19?,20?,22?/m0/s1. The average Bonchev–Trinajstić information content (AvgIpc) is 3.39. The number of amides is 1. The van der Waals surface area contributed by atoms with Gasteiger partial charge in [0.1, 0.15) is 6.23 Å². The minimum absolute atomic E-state index is 0.0176. The van der Waals surface area contributed by atoms with Crippen LogP contribution in [0.4, 0.5) is 0 Å². The Morgan fingerprint density at radius 2 is 1.64 bits per heavy atom. The van der Waals surface area contributed by atoms with E-state index in [4.69, 9.17) is 4.74 Å². The fraction of sp³-hybridized carbons (Fsp3) is 0.913. The van der Waals surface area contributed by atoms with Crippen molar-refractivity contribution in [2.24, 2.45) is 23.7 Å². The minimum atomic E-state index is -0.207. The second-order valence-corrected chi connectivity index (χ2v) is 10.1. The molecule has 0 aromatic carbocycles. The third-order valence-electron chi connectivity index (χ3n) is 8.45. The number of likely N-dealkylation sites (tertiary alicyclic amines) is 1. The summed E-state index contributed by atoms with van der Waals surface area (Å²) in [5, 5.41) is 3.69. The predicted octanol–water partition coefficient (Wildman–Crippen LogP) is 3.27. The van der Waals surface area contributed by atoms with Crippen LogP contribution in [0.25, 0.3) is 0 Å². The van der Waals surface area contributed by atoms with Crippen LogP contribution < -0.4 is 5.32 Å². The first-order chi connectivity index (χ1) is 13.7. The summed E-state index contributed by atoms with van der Waals surface area (Å²) >= 11 is 0. The predicted molar refractivity (Wildman–Crippen MR) is 107 cm³/mol. The Kier molecular flexibility index (Phi) is 5.48. The van der Waals surface area contributed by atoms with Crippen LogP contribution in [-0.4, -0.2) is 48.1 Å². The van der Waals surface area contributed by atoms with Gasteiger partial charge in [-0.25, -0.2) is 0 Å². The molecule has 1 amide bonds. The lowest BCUT2D eigenvalue weighted by Gasteiger charge is -2.36. The summed E-state index contributed by atoms with van der Waals surface area (Å²) in [5.41, 5.74) is 0. The Hall–Kier alpha value is -0.940. The molecule has 6 unspecified atom stereocenters. The number of Topliss-reactive ketones (excluding diaryl/α,β-unsaturated/α-hetero) is 1. The average molecular weight is 389 g/mol. The van der Waals surface area contributed by atoms with E-state index in [0.29, 0.717) is 30.5 Å². The molecule has 0 aromatic rings. The van der Waals surface area contributed by atoms with E-state index in [2.05, 4.69) is 5.32 Å². The fourth-order valence-electron chi connectivity index (χ4n) is 6.85. The molecule has 156 valence electrons. The SMILES string of the molecule is O=C(C(=O)N1CCC[C@H](C2NC3CCCCC3O2)C1)C1CCC2CCCC2C1. The third kappa shape index (κ3) is 3.65. The van der Waals surface area contributed by atoms with Gasteiger partial charge in [0.05, 0.1) is 6.10 Å². The molecule has 0 bridgehead atoms. The van der Waals surface area contributed by atoms with E-state index in [9.17, 15) is 9.59 Å². The van der Waals surface area contributed by atoms with Crippen molar-refractivity contribution in [2.75, 3.05) is 13.1 Å². The first-order valence-electron chi connectivity index (χ1n) is 11.9. The van der Waals surface area contributed by atoms with Crippen LogP contribution in [0.2, 0.25) is 0 Å². The van der Waals surface area contributed by atoms with Gasteiger partial charge in [-0.1, -0.05) is 32.1 Å². The largest absolute Gasteiger partial charge is 0.358 e. The maximum absolute atomic E-state index is 13.0. The number of nitrogens with zero attached hydrogens (tertiary/aromatic N) is 1. The number of piperidine rings is 1. The highest BCUT2D eigenvalue weighted by atomic mass is 16.5. The normalized spacial score (nSPS) is 43.4. The number of nitrogens with one attached hydrogen (secondary N) is 1. The zero-order valence-corrected chi connectivity index (χ0v) is 17.1. The van der Waals surface area contributed by atoms with Crippen LogP contribution in [0.1, 0.15) is 77.0 Å². The Labute approximate surface area is 168 Å². The summed E-state index contributed by atoms with van der Waals surface area (Å²) in [5.74, 6) is 1.52. The van der Waals surface area contributed by atoms with Gasteiger partial charge in [0.2, 0.25) is 5.78 Å². The highest BCUT2D eigenvalue weighted by Crippen LogP contribution is 2.44. The summed E-state index contributed by atoms with van der Waals surface area (Å²) in [6, 6.07) is 0.494. The lowest BCUT2D eigenvalue weighted by atomic mass is 9.74. The van der Waals surface area contributed by atoms with Crippen LogP contribution in [0.3, 0.4) is 0 Å². The van der Waals surface area contributed by atoms with Gasteiger partial charge in [0.15, 0.2) is 0 Å². The molecule has 28 heavy (non-hydrogen) atoms. The molecule has 0 aromatic heterocycles. The van der Waals surface area contributed by atoms with Gasteiger partial charge >= 0.3 is 0 Å². The Morgan fingerprint density at radius 3 is 2.54 bits per heavy atom. The maximum atomic E-state index is 13.0. The molecule has 5 fully saturated rings. The Morgan fingerprint density at radius 1 is 0.821 bits per heavy atom. The number of carbonyl (C=O) groups is 2. The van der Waals surface area contributed by atoms with Gasteiger partial charge in [-0.05, 0) is 56.8 Å². The van der Waals surface area contributed by atoms with Crippen LogP contribution >= 0.6 is 0 Å². The molecular formula is C23H36N2O3. The van der Waals surface area contributed by atoms with E-state index in [1.165, 1.54) is 38.5 Å². The second-order valence-electron chi connectivity index (χ2n) is 10.1. The van der Waals surface area contributed by atoms with Gasteiger partial charge in [0, 0.05) is 31.0 Å². The highest BCUT2D eigenvalue weighted by Gasteiger charge is 2.43.